The van der Waals surface area contributed by atoms with Crippen molar-refractivity contribution in [1.82, 2.24) is 19.4 Å². The zero-order valence-electron chi connectivity index (χ0n) is 22.4. The third kappa shape index (κ3) is 5.16. The van der Waals surface area contributed by atoms with Gasteiger partial charge < -0.3 is 19.1 Å². The Balaban J connectivity index is 1.23. The van der Waals surface area contributed by atoms with Crippen molar-refractivity contribution < 1.29 is 28.2 Å². The van der Waals surface area contributed by atoms with Gasteiger partial charge in [-0.05, 0) is 74.2 Å². The van der Waals surface area contributed by atoms with Crippen molar-refractivity contribution in [3.8, 4) is 5.88 Å². The molecule has 6 rings (SSSR count). The molecule has 2 aliphatic heterocycles. The van der Waals surface area contributed by atoms with E-state index in [0.717, 1.165) is 59.7 Å². The molecule has 1 N–H and O–H groups in total. The fourth-order valence-corrected chi connectivity index (χ4v) is 5.36. The monoisotopic (exact) mass is 548 g/mol. The summed E-state index contributed by atoms with van der Waals surface area (Å²) in [7, 11) is 0. The molecule has 0 unspecified atom stereocenters. The number of carbonyl (C=O) groups is 1. The van der Waals surface area contributed by atoms with Crippen molar-refractivity contribution in [3.05, 3.63) is 87.4 Å². The summed E-state index contributed by atoms with van der Waals surface area (Å²) in [6.45, 7) is 6.53. The quantitative estimate of drug-likeness (QED) is 0.333. The van der Waals surface area contributed by atoms with Gasteiger partial charge in [0.25, 0.3) is 0 Å². The first-order chi connectivity index (χ1) is 19.2. The lowest BCUT2D eigenvalue weighted by atomic mass is 10.0. The Morgan fingerprint density at radius 3 is 2.62 bits per heavy atom. The summed E-state index contributed by atoms with van der Waals surface area (Å²) in [4.78, 5) is 23.4. The number of aryl methyl sites for hydroxylation is 2. The summed E-state index contributed by atoms with van der Waals surface area (Å²) in [6.07, 6.45) is 1.83. The highest BCUT2D eigenvalue weighted by atomic mass is 19.1. The molecule has 1 fully saturated rings. The molecule has 8 nitrogen and oxygen atoms in total. The normalized spacial score (nSPS) is 17.1. The number of halogens is 2. The maximum atomic E-state index is 14.3. The largest absolute Gasteiger partial charge is 0.478 e. The lowest BCUT2D eigenvalue weighted by molar-refractivity contribution is -0.0592. The highest BCUT2D eigenvalue weighted by Gasteiger charge is 2.25. The number of carboxylic acid groups (broad SMARTS) is 1. The highest BCUT2D eigenvalue weighted by molar-refractivity contribution is 5.92. The summed E-state index contributed by atoms with van der Waals surface area (Å²) >= 11 is 0. The van der Waals surface area contributed by atoms with E-state index in [0.29, 0.717) is 31.1 Å². The SMILES string of the molecule is Cc1cc(F)c(COc2nc3c(cc2C)CCN(Cc2nc4ccc(C(=O)O)cc4n2C[C@@H]2CCO2)C3)c(F)c1. The first kappa shape index (κ1) is 26.3. The van der Waals surface area contributed by atoms with E-state index in [1.54, 1.807) is 25.1 Å². The minimum absolute atomic E-state index is 0.0827. The van der Waals surface area contributed by atoms with E-state index in [1.165, 1.54) is 12.1 Å². The predicted octanol–water partition coefficient (Wildman–Crippen LogP) is 4.95. The van der Waals surface area contributed by atoms with Crippen LogP contribution in [0.4, 0.5) is 8.78 Å². The standard InChI is InChI=1S/C30H30F2N4O4/c1-17-9-23(31)22(24(32)10-17)16-40-29-18(2)11-19-5-7-35(14-26(19)34-29)15-28-33-25-4-3-20(30(37)38)12-27(25)36(28)13-21-6-8-39-21/h3-4,9-12,21H,5-8,13-16H2,1-2H3,(H,37,38)/t21-/m0/s1. The van der Waals surface area contributed by atoms with Crippen LogP contribution in [0.25, 0.3) is 11.0 Å². The topological polar surface area (TPSA) is 89.7 Å². The van der Waals surface area contributed by atoms with Crippen molar-refractivity contribution in [3.63, 3.8) is 0 Å². The van der Waals surface area contributed by atoms with Gasteiger partial charge in [0, 0.05) is 25.3 Å². The van der Waals surface area contributed by atoms with Crippen LogP contribution in [-0.4, -0.2) is 49.8 Å². The van der Waals surface area contributed by atoms with Gasteiger partial charge in [-0.3, -0.25) is 4.90 Å². The zero-order chi connectivity index (χ0) is 28.0. The molecule has 1 saturated heterocycles. The van der Waals surface area contributed by atoms with Gasteiger partial charge in [-0.2, -0.15) is 0 Å². The third-order valence-corrected chi connectivity index (χ3v) is 7.66. The summed E-state index contributed by atoms with van der Waals surface area (Å²) in [6, 6.07) is 9.61. The molecule has 0 spiro atoms. The number of rotatable bonds is 8. The molecule has 2 aromatic carbocycles. The number of carboxylic acids is 1. The number of aromatic nitrogens is 3. The minimum atomic E-state index is -0.976. The maximum absolute atomic E-state index is 14.3. The van der Waals surface area contributed by atoms with Crippen LogP contribution in [0.15, 0.2) is 36.4 Å². The molecular weight excluding hydrogens is 518 g/mol. The minimum Gasteiger partial charge on any atom is -0.478 e. The summed E-state index contributed by atoms with van der Waals surface area (Å²) in [5.41, 5.74) is 4.94. The number of ether oxygens (including phenoxy) is 2. The Bertz CT molecular complexity index is 1590. The number of fused-ring (bicyclic) bond motifs is 2. The molecule has 1 atom stereocenters. The van der Waals surface area contributed by atoms with Crippen LogP contribution in [0, 0.1) is 25.5 Å². The lowest BCUT2D eigenvalue weighted by Gasteiger charge is -2.30. The van der Waals surface area contributed by atoms with Gasteiger partial charge >= 0.3 is 5.97 Å². The number of imidazole rings is 1. The number of pyridine rings is 1. The third-order valence-electron chi connectivity index (χ3n) is 7.66. The van der Waals surface area contributed by atoms with E-state index in [-0.39, 0.29) is 23.8 Å². The summed E-state index contributed by atoms with van der Waals surface area (Å²) in [5, 5.41) is 9.50. The number of nitrogens with zero attached hydrogens (tertiary/aromatic N) is 4. The van der Waals surface area contributed by atoms with Crippen LogP contribution < -0.4 is 4.74 Å². The molecular formula is C30H30F2N4O4. The average Bonchev–Trinajstić information content (AvgIpc) is 3.21. The second-order valence-electron chi connectivity index (χ2n) is 10.6. The first-order valence-corrected chi connectivity index (χ1v) is 13.4. The molecule has 2 aromatic heterocycles. The fourth-order valence-electron chi connectivity index (χ4n) is 5.36. The van der Waals surface area contributed by atoms with Gasteiger partial charge in [0.2, 0.25) is 5.88 Å². The number of hydrogen-bond acceptors (Lipinski definition) is 6. The van der Waals surface area contributed by atoms with Gasteiger partial charge in [-0.25, -0.2) is 23.5 Å². The number of hydrogen-bond donors (Lipinski definition) is 1. The van der Waals surface area contributed by atoms with Gasteiger partial charge in [0.1, 0.15) is 24.1 Å². The van der Waals surface area contributed by atoms with Gasteiger partial charge in [-0.1, -0.05) is 0 Å². The van der Waals surface area contributed by atoms with Crippen molar-refractivity contribution in [2.45, 2.75) is 59.0 Å². The van der Waals surface area contributed by atoms with Gasteiger partial charge in [0.05, 0.1) is 47.0 Å². The molecule has 10 heteroatoms. The van der Waals surface area contributed by atoms with E-state index >= 15 is 0 Å². The van der Waals surface area contributed by atoms with E-state index in [9.17, 15) is 18.7 Å². The molecule has 2 aliphatic rings. The van der Waals surface area contributed by atoms with Crippen LogP contribution in [0.2, 0.25) is 0 Å². The Labute approximate surface area is 230 Å². The lowest BCUT2D eigenvalue weighted by Crippen LogP contribution is -2.34. The Morgan fingerprint density at radius 2 is 1.93 bits per heavy atom. The number of aromatic carboxylic acids is 1. The van der Waals surface area contributed by atoms with Crippen molar-refractivity contribution in [2.75, 3.05) is 13.2 Å². The Kier molecular flexibility index (Phi) is 6.97. The molecule has 4 aromatic rings. The van der Waals surface area contributed by atoms with Crippen molar-refractivity contribution >= 4 is 17.0 Å². The smallest absolute Gasteiger partial charge is 0.335 e. The van der Waals surface area contributed by atoms with Gasteiger partial charge in [0.15, 0.2) is 0 Å². The van der Waals surface area contributed by atoms with Crippen molar-refractivity contribution in [1.29, 1.82) is 0 Å². The van der Waals surface area contributed by atoms with Crippen LogP contribution in [0.3, 0.4) is 0 Å². The summed E-state index contributed by atoms with van der Waals surface area (Å²) < 4.78 is 42.2. The molecule has 0 saturated carbocycles. The second kappa shape index (κ2) is 10.6. The molecule has 0 aliphatic carbocycles. The van der Waals surface area contributed by atoms with Gasteiger partial charge in [-0.15, -0.1) is 0 Å². The van der Waals surface area contributed by atoms with Crippen LogP contribution in [0.5, 0.6) is 5.88 Å². The molecule has 0 bridgehead atoms. The maximum Gasteiger partial charge on any atom is 0.335 e. The molecule has 0 radical (unpaired) electrons. The van der Waals surface area contributed by atoms with Crippen molar-refractivity contribution in [2.24, 2.45) is 0 Å². The highest BCUT2D eigenvalue weighted by Crippen LogP contribution is 2.28. The number of benzene rings is 2. The first-order valence-electron chi connectivity index (χ1n) is 13.4. The molecule has 4 heterocycles. The Hall–Kier alpha value is -3.89. The molecule has 40 heavy (non-hydrogen) atoms. The second-order valence-corrected chi connectivity index (χ2v) is 10.6. The van der Waals surface area contributed by atoms with E-state index in [4.69, 9.17) is 19.4 Å². The van der Waals surface area contributed by atoms with Crippen LogP contribution in [-0.2, 0) is 37.4 Å². The Morgan fingerprint density at radius 1 is 1.15 bits per heavy atom. The van der Waals surface area contributed by atoms with Crippen LogP contribution in [0.1, 0.15) is 50.6 Å². The average molecular weight is 549 g/mol. The summed E-state index contributed by atoms with van der Waals surface area (Å²) in [5.74, 6) is -1.05. The van der Waals surface area contributed by atoms with E-state index in [2.05, 4.69) is 9.47 Å². The van der Waals surface area contributed by atoms with E-state index in [1.807, 2.05) is 13.0 Å². The van der Waals surface area contributed by atoms with E-state index < -0.39 is 17.6 Å². The zero-order valence-corrected chi connectivity index (χ0v) is 22.4. The molecule has 208 valence electrons. The molecule has 0 amide bonds. The van der Waals surface area contributed by atoms with Crippen LogP contribution >= 0.6 is 0 Å². The predicted molar refractivity (Wildman–Crippen MR) is 143 cm³/mol. The fraction of sp³-hybridized carbons (Fsp3) is 0.367.